The fourth-order valence-corrected chi connectivity index (χ4v) is 2.23. The topological polar surface area (TPSA) is 35.5 Å². The number of benzene rings is 1. The van der Waals surface area contributed by atoms with Gasteiger partial charge in [0.2, 0.25) is 0 Å². The Morgan fingerprint density at radius 1 is 1.44 bits per heavy atom. The Hall–Kier alpha value is -1.58. The summed E-state index contributed by atoms with van der Waals surface area (Å²) in [7, 11) is 2.83. The van der Waals surface area contributed by atoms with Crippen molar-refractivity contribution >= 4 is 5.97 Å². The third-order valence-electron chi connectivity index (χ3n) is 3.41. The van der Waals surface area contributed by atoms with Crippen LogP contribution in [0.25, 0.3) is 0 Å². The number of esters is 1. The van der Waals surface area contributed by atoms with Crippen LogP contribution in [0.15, 0.2) is 18.2 Å². The fourth-order valence-electron chi connectivity index (χ4n) is 2.23. The van der Waals surface area contributed by atoms with Crippen molar-refractivity contribution in [1.82, 2.24) is 0 Å². The van der Waals surface area contributed by atoms with Crippen LogP contribution in [0.5, 0.6) is 5.75 Å². The zero-order chi connectivity index (χ0) is 13.1. The van der Waals surface area contributed by atoms with Gasteiger partial charge in [-0.2, -0.15) is 0 Å². The molecule has 4 heteroatoms. The molecule has 3 nitrogen and oxygen atoms in total. The number of methoxy groups -OCH3 is 2. The van der Waals surface area contributed by atoms with Crippen molar-refractivity contribution in [2.24, 2.45) is 5.92 Å². The molecule has 0 amide bonds. The summed E-state index contributed by atoms with van der Waals surface area (Å²) in [6.45, 7) is 0. The van der Waals surface area contributed by atoms with Crippen LogP contribution in [0.2, 0.25) is 0 Å². The van der Waals surface area contributed by atoms with Gasteiger partial charge in [-0.15, -0.1) is 0 Å². The Kier molecular flexibility index (Phi) is 3.84. The van der Waals surface area contributed by atoms with Crippen LogP contribution in [0, 0.1) is 11.7 Å². The summed E-state index contributed by atoms with van der Waals surface area (Å²) in [5.41, 5.74) is 0.946. The van der Waals surface area contributed by atoms with E-state index in [1.807, 2.05) is 0 Å². The average molecular weight is 252 g/mol. The van der Waals surface area contributed by atoms with Crippen molar-refractivity contribution in [2.75, 3.05) is 14.2 Å². The molecule has 0 saturated heterocycles. The molecular formula is C14H17FO3. The molecule has 1 aromatic rings. The zero-order valence-corrected chi connectivity index (χ0v) is 10.6. The van der Waals surface area contributed by atoms with Crippen LogP contribution in [0.4, 0.5) is 4.39 Å². The molecule has 1 unspecified atom stereocenters. The highest BCUT2D eigenvalue weighted by Crippen LogP contribution is 2.45. The molecule has 98 valence electrons. The molecule has 0 aromatic heterocycles. The SMILES string of the molecule is COC(=O)CC(c1ccc(F)c(OC)c1)C1CC1. The number of carbonyl (C=O) groups excluding carboxylic acids is 1. The standard InChI is InChI=1S/C14H17FO3/c1-17-13-7-10(5-6-12(13)15)11(9-3-4-9)8-14(16)18-2/h5-7,9,11H,3-4,8H2,1-2H3. The first-order chi connectivity index (χ1) is 8.65. The molecule has 0 spiro atoms. The lowest BCUT2D eigenvalue weighted by molar-refractivity contribution is -0.141. The largest absolute Gasteiger partial charge is 0.494 e. The minimum Gasteiger partial charge on any atom is -0.494 e. The van der Waals surface area contributed by atoms with E-state index in [2.05, 4.69) is 0 Å². The Balaban J connectivity index is 2.22. The lowest BCUT2D eigenvalue weighted by Crippen LogP contribution is -2.10. The molecule has 1 aliphatic carbocycles. The van der Waals surface area contributed by atoms with Gasteiger partial charge in [-0.3, -0.25) is 4.79 Å². The third-order valence-corrected chi connectivity index (χ3v) is 3.41. The number of carbonyl (C=O) groups is 1. The first-order valence-electron chi connectivity index (χ1n) is 6.06. The van der Waals surface area contributed by atoms with Gasteiger partial charge >= 0.3 is 5.97 Å². The molecule has 1 fully saturated rings. The number of hydrogen-bond acceptors (Lipinski definition) is 3. The minimum atomic E-state index is -0.381. The summed E-state index contributed by atoms with van der Waals surface area (Å²) in [5.74, 6) is 0.221. The van der Waals surface area contributed by atoms with Gasteiger partial charge < -0.3 is 9.47 Å². The van der Waals surface area contributed by atoms with Crippen molar-refractivity contribution in [2.45, 2.75) is 25.2 Å². The van der Waals surface area contributed by atoms with E-state index < -0.39 is 0 Å². The van der Waals surface area contributed by atoms with Crippen molar-refractivity contribution in [3.8, 4) is 5.75 Å². The molecule has 1 aliphatic rings. The lowest BCUT2D eigenvalue weighted by Gasteiger charge is -2.16. The molecule has 1 saturated carbocycles. The molecule has 0 aliphatic heterocycles. The molecular weight excluding hydrogens is 235 g/mol. The van der Waals surface area contributed by atoms with Crippen molar-refractivity contribution in [1.29, 1.82) is 0 Å². The molecule has 1 atom stereocenters. The Bertz CT molecular complexity index is 441. The van der Waals surface area contributed by atoms with Gasteiger partial charge in [0.15, 0.2) is 11.6 Å². The first kappa shape index (κ1) is 12.9. The summed E-state index contributed by atoms with van der Waals surface area (Å²) < 4.78 is 23.1. The van der Waals surface area contributed by atoms with Crippen molar-refractivity contribution in [3.05, 3.63) is 29.6 Å². The van der Waals surface area contributed by atoms with E-state index in [0.717, 1.165) is 18.4 Å². The second-order valence-corrected chi connectivity index (χ2v) is 4.62. The van der Waals surface area contributed by atoms with Crippen molar-refractivity contribution in [3.63, 3.8) is 0 Å². The summed E-state index contributed by atoms with van der Waals surface area (Å²) in [4.78, 5) is 11.4. The second-order valence-electron chi connectivity index (χ2n) is 4.62. The molecule has 1 aromatic carbocycles. The molecule has 0 N–H and O–H groups in total. The number of hydrogen-bond donors (Lipinski definition) is 0. The Labute approximate surface area is 106 Å². The van der Waals surface area contributed by atoms with E-state index in [-0.39, 0.29) is 23.5 Å². The van der Waals surface area contributed by atoms with Crippen LogP contribution < -0.4 is 4.74 Å². The van der Waals surface area contributed by atoms with E-state index in [1.54, 1.807) is 12.1 Å². The van der Waals surface area contributed by atoms with Gasteiger partial charge in [0.1, 0.15) is 0 Å². The predicted molar refractivity (Wildman–Crippen MR) is 65.1 cm³/mol. The highest BCUT2D eigenvalue weighted by atomic mass is 19.1. The van der Waals surface area contributed by atoms with E-state index in [1.165, 1.54) is 20.3 Å². The number of ether oxygens (including phenoxy) is 2. The molecule has 0 radical (unpaired) electrons. The van der Waals surface area contributed by atoms with E-state index in [9.17, 15) is 9.18 Å². The number of rotatable bonds is 5. The quantitative estimate of drug-likeness (QED) is 0.756. The lowest BCUT2D eigenvalue weighted by atomic mass is 9.91. The van der Waals surface area contributed by atoms with Crippen LogP contribution in [-0.4, -0.2) is 20.2 Å². The summed E-state index contributed by atoms with van der Waals surface area (Å²) in [6, 6.07) is 4.80. The molecule has 0 bridgehead atoms. The van der Waals surface area contributed by atoms with Gasteiger partial charge in [-0.05, 0) is 42.4 Å². The molecule has 2 rings (SSSR count). The van der Waals surface area contributed by atoms with Gasteiger partial charge in [-0.1, -0.05) is 6.07 Å². The molecule has 18 heavy (non-hydrogen) atoms. The maximum Gasteiger partial charge on any atom is 0.306 e. The summed E-state index contributed by atoms with van der Waals surface area (Å²) in [6.07, 6.45) is 2.57. The smallest absolute Gasteiger partial charge is 0.306 e. The maximum absolute atomic E-state index is 13.4. The molecule has 0 heterocycles. The first-order valence-corrected chi connectivity index (χ1v) is 6.06. The van der Waals surface area contributed by atoms with Crippen LogP contribution in [0.3, 0.4) is 0 Å². The maximum atomic E-state index is 13.4. The zero-order valence-electron chi connectivity index (χ0n) is 10.6. The Morgan fingerprint density at radius 3 is 2.72 bits per heavy atom. The van der Waals surface area contributed by atoms with E-state index in [0.29, 0.717) is 12.3 Å². The van der Waals surface area contributed by atoms with Crippen LogP contribution in [-0.2, 0) is 9.53 Å². The van der Waals surface area contributed by atoms with Crippen molar-refractivity contribution < 1.29 is 18.7 Å². The predicted octanol–water partition coefficient (Wildman–Crippen LogP) is 2.89. The Morgan fingerprint density at radius 2 is 2.17 bits per heavy atom. The van der Waals surface area contributed by atoms with Crippen LogP contribution in [0.1, 0.15) is 30.7 Å². The van der Waals surface area contributed by atoms with Crippen LogP contribution >= 0.6 is 0 Å². The fraction of sp³-hybridized carbons (Fsp3) is 0.500. The normalized spacial score (nSPS) is 16.2. The van der Waals surface area contributed by atoms with Gasteiger partial charge in [0, 0.05) is 0 Å². The van der Waals surface area contributed by atoms with Gasteiger partial charge in [0.25, 0.3) is 0 Å². The third kappa shape index (κ3) is 2.81. The summed E-state index contributed by atoms with van der Waals surface area (Å²) in [5, 5.41) is 0. The summed E-state index contributed by atoms with van der Waals surface area (Å²) >= 11 is 0. The van der Waals surface area contributed by atoms with Gasteiger partial charge in [-0.25, -0.2) is 4.39 Å². The monoisotopic (exact) mass is 252 g/mol. The highest BCUT2D eigenvalue weighted by Gasteiger charge is 2.34. The van der Waals surface area contributed by atoms with Gasteiger partial charge in [0.05, 0.1) is 20.6 Å². The number of halogens is 1. The average Bonchev–Trinajstić information content (AvgIpc) is 3.20. The minimum absolute atomic E-state index is 0.104. The second kappa shape index (κ2) is 5.38. The highest BCUT2D eigenvalue weighted by molar-refractivity contribution is 5.70. The van der Waals surface area contributed by atoms with E-state index >= 15 is 0 Å². The van der Waals surface area contributed by atoms with E-state index in [4.69, 9.17) is 9.47 Å².